The van der Waals surface area contributed by atoms with Crippen LogP contribution in [0.4, 0.5) is 0 Å². The molecule has 9 heteroatoms. The monoisotopic (exact) mass is 417 g/mol. The van der Waals surface area contributed by atoms with Crippen LogP contribution in [0.15, 0.2) is 53.4 Å². The van der Waals surface area contributed by atoms with Gasteiger partial charge in [-0.05, 0) is 49.2 Å². The molecule has 0 spiro atoms. The molecule has 0 unspecified atom stereocenters. The van der Waals surface area contributed by atoms with E-state index in [1.54, 1.807) is 24.3 Å². The number of carbonyl (C=O) groups is 3. The lowest BCUT2D eigenvalue weighted by atomic mass is 10.1. The van der Waals surface area contributed by atoms with Crippen LogP contribution in [-0.4, -0.2) is 44.1 Å². The second-order valence-corrected chi connectivity index (χ2v) is 8.48. The zero-order chi connectivity index (χ0) is 21.0. The lowest BCUT2D eigenvalue weighted by Gasteiger charge is -2.12. The Morgan fingerprint density at radius 3 is 2.07 bits per heavy atom. The van der Waals surface area contributed by atoms with E-state index >= 15 is 0 Å². The van der Waals surface area contributed by atoms with E-state index in [0.717, 1.165) is 6.26 Å². The van der Waals surface area contributed by atoms with Crippen molar-refractivity contribution in [3.8, 4) is 5.75 Å². The number of ether oxygens (including phenoxy) is 1. The molecule has 0 saturated heterocycles. The third kappa shape index (κ3) is 4.80. The lowest BCUT2D eigenvalue weighted by molar-refractivity contribution is -0.168. The number of sulfone groups is 1. The molecular formula is C20H19NO7S. The molecule has 0 fully saturated rings. The van der Waals surface area contributed by atoms with Crippen molar-refractivity contribution in [1.29, 1.82) is 0 Å². The van der Waals surface area contributed by atoms with Gasteiger partial charge in [-0.2, -0.15) is 0 Å². The average molecular weight is 417 g/mol. The predicted molar refractivity (Wildman–Crippen MR) is 102 cm³/mol. The van der Waals surface area contributed by atoms with Gasteiger partial charge in [0.2, 0.25) is 0 Å². The molecule has 1 aliphatic heterocycles. The van der Waals surface area contributed by atoms with Crippen LogP contribution >= 0.6 is 0 Å². The van der Waals surface area contributed by atoms with Gasteiger partial charge < -0.3 is 9.57 Å². The summed E-state index contributed by atoms with van der Waals surface area (Å²) in [6, 6.07) is 12.3. The third-order valence-electron chi connectivity index (χ3n) is 4.25. The summed E-state index contributed by atoms with van der Waals surface area (Å²) >= 11 is 0. The smallest absolute Gasteiger partial charge is 0.333 e. The number of unbranched alkanes of at least 4 members (excludes halogenated alkanes) is 1. The number of hydroxylamine groups is 2. The number of rotatable bonds is 8. The molecule has 3 rings (SSSR count). The summed E-state index contributed by atoms with van der Waals surface area (Å²) in [5.41, 5.74) is 0.418. The van der Waals surface area contributed by atoms with Crippen LogP contribution in [0.3, 0.4) is 0 Å². The Bertz CT molecular complexity index is 1010. The van der Waals surface area contributed by atoms with Crippen molar-refractivity contribution in [3.05, 3.63) is 59.7 Å². The quantitative estimate of drug-likeness (QED) is 0.479. The van der Waals surface area contributed by atoms with Crippen molar-refractivity contribution in [2.24, 2.45) is 0 Å². The molecule has 0 N–H and O–H groups in total. The van der Waals surface area contributed by atoms with Crippen molar-refractivity contribution < 1.29 is 32.4 Å². The summed E-state index contributed by atoms with van der Waals surface area (Å²) in [5.74, 6) is -1.47. The van der Waals surface area contributed by atoms with Gasteiger partial charge >= 0.3 is 5.97 Å². The summed E-state index contributed by atoms with van der Waals surface area (Å²) < 4.78 is 28.3. The topological polar surface area (TPSA) is 107 Å². The standard InChI is InChI=1S/C20H19NO7S/c1-29(25,26)15-11-9-14(10-12-15)27-13-5-4-8-18(22)28-21-19(23)16-6-2-3-7-17(16)20(21)24/h2-3,6-7,9-12H,4-5,8,13H2,1H3. The van der Waals surface area contributed by atoms with Crippen molar-refractivity contribution in [2.45, 2.75) is 24.2 Å². The fourth-order valence-corrected chi connectivity index (χ4v) is 3.37. The van der Waals surface area contributed by atoms with Gasteiger partial charge in [0.05, 0.1) is 22.6 Å². The highest BCUT2D eigenvalue weighted by Gasteiger charge is 2.38. The van der Waals surface area contributed by atoms with Gasteiger partial charge in [-0.25, -0.2) is 13.2 Å². The summed E-state index contributed by atoms with van der Waals surface area (Å²) in [6.45, 7) is 0.318. The fraction of sp³-hybridized carbons (Fsp3) is 0.250. The van der Waals surface area contributed by atoms with Gasteiger partial charge in [-0.1, -0.05) is 17.2 Å². The Balaban J connectivity index is 1.40. The number of fused-ring (bicyclic) bond motifs is 1. The van der Waals surface area contributed by atoms with E-state index in [9.17, 15) is 22.8 Å². The van der Waals surface area contributed by atoms with Crippen LogP contribution in [-0.2, 0) is 19.5 Å². The first kappa shape index (κ1) is 20.5. The van der Waals surface area contributed by atoms with Crippen molar-refractivity contribution in [2.75, 3.05) is 12.9 Å². The minimum absolute atomic E-state index is 0.0176. The SMILES string of the molecule is CS(=O)(=O)c1ccc(OCCCCC(=O)ON2C(=O)c3ccccc3C2=O)cc1. The van der Waals surface area contributed by atoms with Gasteiger partial charge in [-0.3, -0.25) is 9.59 Å². The molecule has 2 aromatic carbocycles. The number of hydrogen-bond acceptors (Lipinski definition) is 7. The molecule has 29 heavy (non-hydrogen) atoms. The second kappa shape index (κ2) is 8.44. The lowest BCUT2D eigenvalue weighted by Crippen LogP contribution is -2.32. The largest absolute Gasteiger partial charge is 0.494 e. The number of hydrogen-bond donors (Lipinski definition) is 0. The van der Waals surface area contributed by atoms with Gasteiger partial charge in [0.25, 0.3) is 11.8 Å². The van der Waals surface area contributed by atoms with E-state index in [0.29, 0.717) is 30.3 Å². The summed E-state index contributed by atoms with van der Waals surface area (Å²) in [5, 5.41) is 0.493. The molecule has 2 aromatic rings. The summed E-state index contributed by atoms with van der Waals surface area (Å²) in [7, 11) is -3.25. The van der Waals surface area contributed by atoms with Crippen LogP contribution in [0.2, 0.25) is 0 Å². The predicted octanol–water partition coefficient (Wildman–Crippen LogP) is 2.39. The molecule has 0 atom stereocenters. The highest BCUT2D eigenvalue weighted by Crippen LogP contribution is 2.23. The zero-order valence-electron chi connectivity index (χ0n) is 15.7. The Kier molecular flexibility index (Phi) is 5.97. The fourth-order valence-electron chi connectivity index (χ4n) is 2.74. The van der Waals surface area contributed by atoms with Gasteiger partial charge in [0, 0.05) is 12.7 Å². The van der Waals surface area contributed by atoms with Crippen LogP contribution in [0.1, 0.15) is 40.0 Å². The number of nitrogens with zero attached hydrogens (tertiary/aromatic N) is 1. The second-order valence-electron chi connectivity index (χ2n) is 6.46. The normalized spacial score (nSPS) is 13.3. The van der Waals surface area contributed by atoms with E-state index < -0.39 is 27.6 Å². The van der Waals surface area contributed by atoms with Gasteiger partial charge in [0.15, 0.2) is 9.84 Å². The van der Waals surface area contributed by atoms with Crippen LogP contribution < -0.4 is 4.74 Å². The molecule has 0 bridgehead atoms. The Morgan fingerprint density at radius 1 is 0.931 bits per heavy atom. The van der Waals surface area contributed by atoms with Crippen LogP contribution in [0, 0.1) is 0 Å². The van der Waals surface area contributed by atoms with Crippen LogP contribution in [0.5, 0.6) is 5.75 Å². The molecule has 0 saturated carbocycles. The first-order valence-corrected chi connectivity index (χ1v) is 10.8. The Hall–Kier alpha value is -3.20. The molecule has 1 heterocycles. The van der Waals surface area contributed by atoms with E-state index in [-0.39, 0.29) is 22.4 Å². The maximum absolute atomic E-state index is 12.1. The molecular weight excluding hydrogens is 398 g/mol. The molecule has 8 nitrogen and oxygen atoms in total. The summed E-state index contributed by atoms with van der Waals surface area (Å²) in [4.78, 5) is 41.3. The first-order chi connectivity index (χ1) is 13.8. The molecule has 0 radical (unpaired) electrons. The third-order valence-corrected chi connectivity index (χ3v) is 5.37. The maximum Gasteiger partial charge on any atom is 0.333 e. The zero-order valence-corrected chi connectivity index (χ0v) is 16.5. The molecule has 152 valence electrons. The highest BCUT2D eigenvalue weighted by molar-refractivity contribution is 7.90. The average Bonchev–Trinajstić information content (AvgIpc) is 2.93. The first-order valence-electron chi connectivity index (χ1n) is 8.89. The number of benzene rings is 2. The molecule has 0 aromatic heterocycles. The summed E-state index contributed by atoms with van der Waals surface area (Å²) in [6.07, 6.45) is 2.11. The van der Waals surface area contributed by atoms with Gasteiger partial charge in [0.1, 0.15) is 5.75 Å². The maximum atomic E-state index is 12.1. The minimum Gasteiger partial charge on any atom is -0.494 e. The van der Waals surface area contributed by atoms with Crippen molar-refractivity contribution in [1.82, 2.24) is 5.06 Å². The number of carbonyl (C=O) groups excluding carboxylic acids is 3. The number of amides is 2. The Labute approximate surface area is 167 Å². The van der Waals surface area contributed by atoms with E-state index in [1.165, 1.54) is 24.3 Å². The molecule has 0 aliphatic carbocycles. The number of imide groups is 1. The minimum atomic E-state index is -3.25. The van der Waals surface area contributed by atoms with Crippen molar-refractivity contribution >= 4 is 27.6 Å². The van der Waals surface area contributed by atoms with E-state index in [1.807, 2.05) is 0 Å². The highest BCUT2D eigenvalue weighted by atomic mass is 32.2. The molecule has 1 aliphatic rings. The van der Waals surface area contributed by atoms with Gasteiger partial charge in [-0.15, -0.1) is 0 Å². The van der Waals surface area contributed by atoms with Crippen LogP contribution in [0.25, 0.3) is 0 Å². The molecule has 2 amide bonds. The Morgan fingerprint density at radius 2 is 1.52 bits per heavy atom. The van der Waals surface area contributed by atoms with E-state index in [2.05, 4.69) is 0 Å². The van der Waals surface area contributed by atoms with Crippen molar-refractivity contribution in [3.63, 3.8) is 0 Å². The van der Waals surface area contributed by atoms with E-state index in [4.69, 9.17) is 9.57 Å².